The van der Waals surface area contributed by atoms with Gasteiger partial charge in [-0.05, 0) is 41.5 Å². The molecule has 0 aliphatic carbocycles. The first kappa shape index (κ1) is 23.8. The molecule has 0 atom stereocenters. The van der Waals surface area contributed by atoms with Gasteiger partial charge in [0.05, 0.1) is 26.6 Å². The molecule has 4 bridgehead atoms. The van der Waals surface area contributed by atoms with Crippen molar-refractivity contribution >= 4 is 10.0 Å². The average Bonchev–Trinajstić information content (AvgIpc) is 3.33. The van der Waals surface area contributed by atoms with E-state index in [9.17, 15) is 8.42 Å². The van der Waals surface area contributed by atoms with Crippen molar-refractivity contribution in [2.75, 3.05) is 52.8 Å². The second-order valence-electron chi connectivity index (χ2n) is 8.83. The fourth-order valence-corrected chi connectivity index (χ4v) is 5.35. The van der Waals surface area contributed by atoms with Crippen LogP contribution in [0.4, 0.5) is 0 Å². The number of imidazole rings is 1. The zero-order chi connectivity index (χ0) is 24.4. The van der Waals surface area contributed by atoms with Gasteiger partial charge in [0.25, 0.3) is 0 Å². The van der Waals surface area contributed by atoms with E-state index < -0.39 is 10.0 Å². The van der Waals surface area contributed by atoms with Crippen molar-refractivity contribution in [1.29, 1.82) is 0 Å². The van der Waals surface area contributed by atoms with Crippen LogP contribution in [-0.4, -0.2) is 80.0 Å². The summed E-state index contributed by atoms with van der Waals surface area (Å²) in [6.45, 7) is 4.63. The van der Waals surface area contributed by atoms with Crippen LogP contribution in [0.3, 0.4) is 0 Å². The molecule has 35 heavy (non-hydrogen) atoms. The van der Waals surface area contributed by atoms with E-state index in [0.717, 1.165) is 61.1 Å². The molecule has 5 rings (SSSR count). The smallest absolute Gasteiger partial charge is 0.211 e. The standard InChI is InChI=1S/C25H30N4O5S/c1-32-23-4-3-21-16-24(23)34-12-9-28(35(2,30)31)18-20-13-19(17-27-7-10-33-11-8-27)14-22(15-20)29-6-5-26-25(21)29/h3-6,13-16H,7-12,17-18H2,1-2H3. The third-order valence-corrected chi connectivity index (χ3v) is 7.56. The van der Waals surface area contributed by atoms with Gasteiger partial charge in [0.1, 0.15) is 12.4 Å². The quantitative estimate of drug-likeness (QED) is 0.546. The summed E-state index contributed by atoms with van der Waals surface area (Å²) in [5, 5.41) is 0. The van der Waals surface area contributed by atoms with Crippen LogP contribution >= 0.6 is 0 Å². The number of benzene rings is 2. The lowest BCUT2D eigenvalue weighted by Crippen LogP contribution is -2.35. The predicted molar refractivity (Wildman–Crippen MR) is 132 cm³/mol. The van der Waals surface area contributed by atoms with Gasteiger partial charge in [-0.3, -0.25) is 9.47 Å². The fourth-order valence-electron chi connectivity index (χ4n) is 4.56. The summed E-state index contributed by atoms with van der Waals surface area (Å²) in [6, 6.07) is 12.0. The molecule has 0 unspecified atom stereocenters. The Morgan fingerprint density at radius 2 is 1.89 bits per heavy atom. The van der Waals surface area contributed by atoms with Crippen molar-refractivity contribution in [1.82, 2.24) is 18.8 Å². The molecule has 1 saturated heterocycles. The highest BCUT2D eigenvalue weighted by Gasteiger charge is 2.21. The van der Waals surface area contributed by atoms with E-state index in [0.29, 0.717) is 11.5 Å². The molecule has 1 aromatic heterocycles. The Labute approximate surface area is 205 Å². The minimum Gasteiger partial charge on any atom is -0.493 e. The van der Waals surface area contributed by atoms with Crippen LogP contribution < -0.4 is 9.47 Å². The third kappa shape index (κ3) is 5.35. The Bertz CT molecular complexity index is 1300. The van der Waals surface area contributed by atoms with Crippen LogP contribution in [0.25, 0.3) is 17.1 Å². The topological polar surface area (TPSA) is 86.1 Å². The Morgan fingerprint density at radius 1 is 1.06 bits per heavy atom. The number of hydrogen-bond donors (Lipinski definition) is 0. The molecule has 0 N–H and O–H groups in total. The van der Waals surface area contributed by atoms with Crippen LogP contribution in [0.1, 0.15) is 11.1 Å². The fraction of sp³-hybridized carbons (Fsp3) is 0.400. The molecular formula is C25H30N4O5S. The predicted octanol–water partition coefficient (Wildman–Crippen LogP) is 2.53. The summed E-state index contributed by atoms with van der Waals surface area (Å²) in [5.74, 6) is 1.90. The molecule has 9 nitrogen and oxygen atoms in total. The van der Waals surface area contributed by atoms with Crippen LogP contribution in [-0.2, 0) is 27.8 Å². The van der Waals surface area contributed by atoms with Gasteiger partial charge in [0.2, 0.25) is 10.0 Å². The van der Waals surface area contributed by atoms with Crippen molar-refractivity contribution in [2.24, 2.45) is 0 Å². The highest BCUT2D eigenvalue weighted by Crippen LogP contribution is 2.33. The van der Waals surface area contributed by atoms with Crippen LogP contribution in [0.2, 0.25) is 0 Å². The first-order valence-electron chi connectivity index (χ1n) is 11.6. The molecule has 0 radical (unpaired) electrons. The lowest BCUT2D eigenvalue weighted by atomic mass is 10.1. The molecule has 3 heterocycles. The number of aromatic nitrogens is 2. The lowest BCUT2D eigenvalue weighted by Gasteiger charge is -2.27. The monoisotopic (exact) mass is 498 g/mol. The van der Waals surface area contributed by atoms with Crippen molar-refractivity contribution in [3.05, 3.63) is 59.9 Å². The lowest BCUT2D eigenvalue weighted by molar-refractivity contribution is 0.0342. The summed E-state index contributed by atoms with van der Waals surface area (Å²) in [6.07, 6.45) is 4.92. The number of sulfonamides is 1. The molecule has 10 heteroatoms. The van der Waals surface area contributed by atoms with Gasteiger partial charge in [0, 0.05) is 56.4 Å². The third-order valence-electron chi connectivity index (χ3n) is 6.31. The molecule has 0 spiro atoms. The van der Waals surface area contributed by atoms with Crippen molar-refractivity contribution in [3.63, 3.8) is 0 Å². The van der Waals surface area contributed by atoms with E-state index >= 15 is 0 Å². The highest BCUT2D eigenvalue weighted by molar-refractivity contribution is 7.88. The number of hydrogen-bond acceptors (Lipinski definition) is 7. The molecule has 0 amide bonds. The van der Waals surface area contributed by atoms with E-state index in [2.05, 4.69) is 22.0 Å². The van der Waals surface area contributed by atoms with Crippen LogP contribution in [0.15, 0.2) is 48.8 Å². The van der Waals surface area contributed by atoms with Gasteiger partial charge >= 0.3 is 0 Å². The average molecular weight is 499 g/mol. The summed E-state index contributed by atoms with van der Waals surface area (Å²) in [5.41, 5.74) is 3.85. The second kappa shape index (κ2) is 9.98. The van der Waals surface area contributed by atoms with Gasteiger partial charge in [-0.2, -0.15) is 4.31 Å². The van der Waals surface area contributed by atoms with Gasteiger partial charge < -0.3 is 14.2 Å². The minimum atomic E-state index is -3.45. The minimum absolute atomic E-state index is 0.196. The van der Waals surface area contributed by atoms with E-state index in [4.69, 9.17) is 14.2 Å². The van der Waals surface area contributed by atoms with Crippen molar-refractivity contribution in [2.45, 2.75) is 13.1 Å². The van der Waals surface area contributed by atoms with Crippen LogP contribution in [0.5, 0.6) is 11.5 Å². The van der Waals surface area contributed by atoms with Gasteiger partial charge in [-0.25, -0.2) is 13.4 Å². The molecule has 186 valence electrons. The van der Waals surface area contributed by atoms with E-state index in [1.165, 1.54) is 10.6 Å². The Kier molecular flexibility index (Phi) is 6.79. The zero-order valence-corrected chi connectivity index (χ0v) is 20.8. The molecule has 2 aromatic carbocycles. The number of ether oxygens (including phenoxy) is 3. The summed E-state index contributed by atoms with van der Waals surface area (Å²) < 4.78 is 45.7. The molecule has 1 fully saturated rings. The number of methoxy groups -OCH3 is 1. The molecule has 3 aromatic rings. The molecule has 0 saturated carbocycles. The van der Waals surface area contributed by atoms with Gasteiger partial charge in [-0.15, -0.1) is 0 Å². The Balaban J connectivity index is 1.63. The SMILES string of the molecule is COc1ccc2cc1OCCN(S(C)(=O)=O)Cc1cc(CN3CCOCC3)cc(c1)-n1ccnc1-2. The van der Waals surface area contributed by atoms with E-state index in [-0.39, 0.29) is 19.7 Å². The normalized spacial score (nSPS) is 17.4. The largest absolute Gasteiger partial charge is 0.493 e. The first-order valence-corrected chi connectivity index (χ1v) is 13.5. The Morgan fingerprint density at radius 3 is 2.66 bits per heavy atom. The maximum Gasteiger partial charge on any atom is 0.211 e. The maximum absolute atomic E-state index is 12.6. The summed E-state index contributed by atoms with van der Waals surface area (Å²) in [4.78, 5) is 6.98. The van der Waals surface area contributed by atoms with Gasteiger partial charge in [0.15, 0.2) is 11.5 Å². The van der Waals surface area contributed by atoms with Crippen LogP contribution in [0, 0.1) is 0 Å². The number of fused-ring (bicyclic) bond motifs is 7. The van der Waals surface area contributed by atoms with Crippen molar-refractivity contribution < 1.29 is 22.6 Å². The second-order valence-corrected chi connectivity index (χ2v) is 10.8. The first-order chi connectivity index (χ1) is 16.9. The number of nitrogens with zero attached hydrogens (tertiary/aromatic N) is 4. The van der Waals surface area contributed by atoms with Crippen molar-refractivity contribution in [3.8, 4) is 28.6 Å². The Hall–Kier alpha value is -2.92. The summed E-state index contributed by atoms with van der Waals surface area (Å²) in [7, 11) is -1.87. The zero-order valence-electron chi connectivity index (χ0n) is 20.0. The number of morpholine rings is 1. The van der Waals surface area contributed by atoms with E-state index in [1.807, 2.05) is 35.0 Å². The number of rotatable bonds is 4. The van der Waals surface area contributed by atoms with E-state index in [1.54, 1.807) is 13.3 Å². The highest BCUT2D eigenvalue weighted by atomic mass is 32.2. The van der Waals surface area contributed by atoms with Gasteiger partial charge in [-0.1, -0.05) is 6.07 Å². The maximum atomic E-state index is 12.6. The summed E-state index contributed by atoms with van der Waals surface area (Å²) >= 11 is 0. The molecule has 2 aliphatic rings. The molecular weight excluding hydrogens is 468 g/mol. The molecule has 2 aliphatic heterocycles.